The fourth-order valence-corrected chi connectivity index (χ4v) is 1.72. The molecule has 96 valence electrons. The second-order valence-electron chi connectivity index (χ2n) is 3.43. The first-order valence-corrected chi connectivity index (χ1v) is 6.40. The second kappa shape index (κ2) is 5.30. The van der Waals surface area contributed by atoms with Crippen molar-refractivity contribution in [2.75, 3.05) is 7.05 Å². The Morgan fingerprint density at radius 2 is 2.18 bits per heavy atom. The molecule has 0 spiro atoms. The fraction of sp³-hybridized carbons (Fsp3) is 0.444. The van der Waals surface area contributed by atoms with Crippen LogP contribution in [0.15, 0.2) is 21.6 Å². The Hall–Kier alpha value is -1.38. The molecule has 0 saturated heterocycles. The maximum atomic E-state index is 11.4. The summed E-state index contributed by atoms with van der Waals surface area (Å²) in [5.41, 5.74) is 5.06. The first-order valence-electron chi connectivity index (χ1n) is 4.92. The van der Waals surface area contributed by atoms with Gasteiger partial charge in [-0.1, -0.05) is 0 Å². The van der Waals surface area contributed by atoms with Crippen LogP contribution in [0, 0.1) is 0 Å². The number of carbonyl (C=O) groups is 1. The van der Waals surface area contributed by atoms with Gasteiger partial charge in [0.25, 0.3) is 10.0 Å². The molecule has 0 saturated carbocycles. The molecule has 1 rings (SSSR count). The number of furan rings is 1. The number of nitrogens with two attached hydrogens (primary N) is 1. The molecule has 17 heavy (non-hydrogen) atoms. The van der Waals surface area contributed by atoms with Gasteiger partial charge in [0.05, 0.1) is 12.6 Å². The van der Waals surface area contributed by atoms with E-state index in [4.69, 9.17) is 10.2 Å². The number of nitrogens with one attached hydrogen (secondary N) is 2. The predicted molar refractivity (Wildman–Crippen MR) is 60.4 cm³/mol. The minimum Gasteiger partial charge on any atom is -0.447 e. The third-order valence-corrected chi connectivity index (χ3v) is 3.47. The van der Waals surface area contributed by atoms with E-state index in [1.165, 1.54) is 19.2 Å². The average Bonchev–Trinajstić information content (AvgIpc) is 2.75. The molecule has 7 nitrogen and oxygen atoms in total. The van der Waals surface area contributed by atoms with Crippen LogP contribution >= 0.6 is 0 Å². The Balaban J connectivity index is 2.67. The highest BCUT2D eigenvalue weighted by Gasteiger charge is 2.16. The van der Waals surface area contributed by atoms with E-state index in [0.717, 1.165) is 0 Å². The molecule has 1 aromatic rings. The molecule has 0 aliphatic carbocycles. The normalized spacial score (nSPS) is 13.5. The molecular formula is C9H15N3O4S. The highest BCUT2D eigenvalue weighted by Crippen LogP contribution is 2.13. The summed E-state index contributed by atoms with van der Waals surface area (Å²) in [4.78, 5) is 10.8. The topological polar surface area (TPSA) is 114 Å². The van der Waals surface area contributed by atoms with Gasteiger partial charge in [0, 0.05) is 0 Å². The predicted octanol–water partition coefficient (Wildman–Crippen LogP) is -0.849. The lowest BCUT2D eigenvalue weighted by molar-refractivity contribution is -0.119. The lowest BCUT2D eigenvalue weighted by Crippen LogP contribution is -2.38. The molecule has 8 heteroatoms. The van der Waals surface area contributed by atoms with Gasteiger partial charge in [-0.15, -0.1) is 0 Å². The molecule has 1 unspecified atom stereocenters. The zero-order valence-corrected chi connectivity index (χ0v) is 10.4. The van der Waals surface area contributed by atoms with Crippen LogP contribution in [-0.2, 0) is 21.4 Å². The Morgan fingerprint density at radius 3 is 2.71 bits per heavy atom. The Morgan fingerprint density at radius 1 is 1.53 bits per heavy atom. The van der Waals surface area contributed by atoms with Crippen molar-refractivity contribution in [2.45, 2.75) is 24.6 Å². The second-order valence-corrected chi connectivity index (χ2v) is 5.25. The molecule has 0 aromatic carbocycles. The molecule has 0 radical (unpaired) electrons. The van der Waals surface area contributed by atoms with E-state index in [1.807, 2.05) is 0 Å². The van der Waals surface area contributed by atoms with Gasteiger partial charge >= 0.3 is 0 Å². The molecular weight excluding hydrogens is 246 g/mol. The van der Waals surface area contributed by atoms with Crippen LogP contribution in [0.2, 0.25) is 0 Å². The van der Waals surface area contributed by atoms with Crippen LogP contribution in [0.3, 0.4) is 0 Å². The molecule has 1 heterocycles. The van der Waals surface area contributed by atoms with Crippen molar-refractivity contribution in [2.24, 2.45) is 5.73 Å². The molecule has 1 amide bonds. The first kappa shape index (κ1) is 13.7. The van der Waals surface area contributed by atoms with E-state index < -0.39 is 22.0 Å². The van der Waals surface area contributed by atoms with Crippen molar-refractivity contribution in [1.29, 1.82) is 0 Å². The van der Waals surface area contributed by atoms with Crippen molar-refractivity contribution in [3.05, 3.63) is 17.9 Å². The van der Waals surface area contributed by atoms with Gasteiger partial charge in [-0.25, -0.2) is 13.1 Å². The Bertz CT molecular complexity index is 494. The van der Waals surface area contributed by atoms with Gasteiger partial charge in [0.1, 0.15) is 5.76 Å². The molecule has 4 N–H and O–H groups in total. The van der Waals surface area contributed by atoms with Gasteiger partial charge < -0.3 is 10.2 Å². The summed E-state index contributed by atoms with van der Waals surface area (Å²) in [5, 5.41) is 2.63. The number of hydrogen-bond donors (Lipinski definition) is 3. The molecule has 0 aliphatic rings. The quantitative estimate of drug-likeness (QED) is 0.617. The van der Waals surface area contributed by atoms with Crippen LogP contribution in [-0.4, -0.2) is 27.4 Å². The smallest absolute Gasteiger partial charge is 0.273 e. The lowest BCUT2D eigenvalue weighted by Gasteiger charge is -2.07. The summed E-state index contributed by atoms with van der Waals surface area (Å²) >= 11 is 0. The maximum absolute atomic E-state index is 11.4. The maximum Gasteiger partial charge on any atom is 0.273 e. The van der Waals surface area contributed by atoms with Gasteiger partial charge in [-0.05, 0) is 26.1 Å². The lowest BCUT2D eigenvalue weighted by atomic mass is 10.3. The summed E-state index contributed by atoms with van der Waals surface area (Å²) in [5.74, 6) is -0.0773. The van der Waals surface area contributed by atoms with Crippen molar-refractivity contribution in [3.63, 3.8) is 0 Å². The third-order valence-electron chi connectivity index (χ3n) is 2.18. The number of carbonyl (C=O) groups excluding carboxylic acids is 1. The minimum absolute atomic E-state index is 0.163. The average molecular weight is 261 g/mol. The van der Waals surface area contributed by atoms with Crippen molar-refractivity contribution < 1.29 is 17.6 Å². The number of sulfonamides is 1. The molecule has 0 aliphatic heterocycles. The molecule has 1 aromatic heterocycles. The van der Waals surface area contributed by atoms with E-state index in [9.17, 15) is 13.2 Å². The van der Waals surface area contributed by atoms with Gasteiger partial charge in [0.2, 0.25) is 11.0 Å². The van der Waals surface area contributed by atoms with Gasteiger partial charge in [0.15, 0.2) is 0 Å². The molecule has 1 atom stereocenters. The molecule has 0 fully saturated rings. The Kier molecular flexibility index (Phi) is 4.27. The standard InChI is InChI=1S/C9H15N3O4S/c1-6(9(10)13)12-5-7-3-4-8(16-7)17(14,15)11-2/h3-4,6,11-12H,5H2,1-2H3,(H2,10,13). The van der Waals surface area contributed by atoms with Crippen molar-refractivity contribution in [1.82, 2.24) is 10.0 Å². The number of amides is 1. The Labute approximate surface area is 99.4 Å². The van der Waals surface area contributed by atoms with Crippen molar-refractivity contribution >= 4 is 15.9 Å². The number of hydrogen-bond acceptors (Lipinski definition) is 5. The highest BCUT2D eigenvalue weighted by molar-refractivity contribution is 7.89. The summed E-state index contributed by atoms with van der Waals surface area (Å²) in [6, 6.07) is 2.35. The van der Waals surface area contributed by atoms with Crippen LogP contribution in [0.5, 0.6) is 0 Å². The summed E-state index contributed by atoms with van der Waals surface area (Å²) in [6.07, 6.45) is 0. The summed E-state index contributed by atoms with van der Waals surface area (Å²) in [6.45, 7) is 1.83. The van der Waals surface area contributed by atoms with Crippen LogP contribution < -0.4 is 15.8 Å². The third kappa shape index (κ3) is 3.55. The van der Waals surface area contributed by atoms with E-state index in [-0.39, 0.29) is 11.6 Å². The fourth-order valence-electron chi connectivity index (χ4n) is 1.05. The van der Waals surface area contributed by atoms with Crippen molar-refractivity contribution in [3.8, 4) is 0 Å². The van der Waals surface area contributed by atoms with Crippen LogP contribution in [0.1, 0.15) is 12.7 Å². The van der Waals surface area contributed by atoms with E-state index in [2.05, 4.69) is 10.0 Å². The van der Waals surface area contributed by atoms with E-state index in [0.29, 0.717) is 5.76 Å². The largest absolute Gasteiger partial charge is 0.447 e. The summed E-state index contributed by atoms with van der Waals surface area (Å²) in [7, 11) is -2.27. The SMILES string of the molecule is CNS(=O)(=O)c1ccc(CNC(C)C(N)=O)o1. The highest BCUT2D eigenvalue weighted by atomic mass is 32.2. The monoisotopic (exact) mass is 261 g/mol. The zero-order valence-electron chi connectivity index (χ0n) is 9.56. The zero-order chi connectivity index (χ0) is 13.1. The number of rotatable bonds is 6. The first-order chi connectivity index (χ1) is 7.86. The van der Waals surface area contributed by atoms with Gasteiger partial charge in [-0.2, -0.15) is 0 Å². The van der Waals surface area contributed by atoms with Gasteiger partial charge in [-0.3, -0.25) is 10.1 Å². The van der Waals surface area contributed by atoms with E-state index >= 15 is 0 Å². The van der Waals surface area contributed by atoms with Crippen LogP contribution in [0.4, 0.5) is 0 Å². The number of primary amides is 1. The minimum atomic E-state index is -3.57. The molecule has 0 bridgehead atoms. The summed E-state index contributed by atoms with van der Waals surface area (Å²) < 4.78 is 30.0. The van der Waals surface area contributed by atoms with E-state index in [1.54, 1.807) is 6.92 Å². The van der Waals surface area contributed by atoms with Crippen LogP contribution in [0.25, 0.3) is 0 Å².